The second-order valence-corrected chi connectivity index (χ2v) is 5.46. The normalized spacial score (nSPS) is 20.9. The number of esters is 1. The highest BCUT2D eigenvalue weighted by Gasteiger charge is 2.37. The van der Waals surface area contributed by atoms with Crippen molar-refractivity contribution in [3.63, 3.8) is 0 Å². The molecule has 0 unspecified atom stereocenters. The molecule has 0 fully saturated rings. The van der Waals surface area contributed by atoms with Gasteiger partial charge >= 0.3 is 5.97 Å². The van der Waals surface area contributed by atoms with Crippen molar-refractivity contribution in [2.24, 2.45) is 5.92 Å². The molecule has 0 N–H and O–H groups in total. The lowest BCUT2D eigenvalue weighted by Gasteiger charge is -2.17. The van der Waals surface area contributed by atoms with Crippen LogP contribution in [0.25, 0.3) is 0 Å². The Kier molecular flexibility index (Phi) is 4.64. The zero-order valence-corrected chi connectivity index (χ0v) is 12.0. The van der Waals surface area contributed by atoms with E-state index in [0.717, 1.165) is 12.0 Å². The van der Waals surface area contributed by atoms with Gasteiger partial charge in [-0.2, -0.15) is 0 Å². The third-order valence-corrected chi connectivity index (χ3v) is 4.28. The highest BCUT2D eigenvalue weighted by atomic mass is 32.2. The van der Waals surface area contributed by atoms with Gasteiger partial charge in [0, 0.05) is 11.8 Å². The summed E-state index contributed by atoms with van der Waals surface area (Å²) in [6, 6.07) is 8.00. The Morgan fingerprint density at radius 2 is 2.11 bits per heavy atom. The van der Waals surface area contributed by atoms with Crippen molar-refractivity contribution in [2.75, 3.05) is 12.9 Å². The molecule has 4 heteroatoms. The molecule has 1 aromatic carbocycles. The number of benzene rings is 1. The van der Waals surface area contributed by atoms with Gasteiger partial charge in [-0.05, 0) is 30.7 Å². The van der Waals surface area contributed by atoms with Crippen LogP contribution in [0.1, 0.15) is 30.4 Å². The van der Waals surface area contributed by atoms with E-state index in [1.807, 2.05) is 24.3 Å². The van der Waals surface area contributed by atoms with Crippen LogP contribution in [0.5, 0.6) is 0 Å². The van der Waals surface area contributed by atoms with Crippen LogP contribution in [0.15, 0.2) is 24.3 Å². The van der Waals surface area contributed by atoms with Gasteiger partial charge in [0.15, 0.2) is 5.12 Å². The lowest BCUT2D eigenvalue weighted by Crippen LogP contribution is -2.20. The molecule has 0 radical (unpaired) electrons. The summed E-state index contributed by atoms with van der Waals surface area (Å²) in [5, 5.41) is 0.158. The summed E-state index contributed by atoms with van der Waals surface area (Å²) in [7, 11) is 0. The predicted molar refractivity (Wildman–Crippen MR) is 76.1 cm³/mol. The van der Waals surface area contributed by atoms with Crippen LogP contribution < -0.4 is 0 Å². The van der Waals surface area contributed by atoms with Gasteiger partial charge in [-0.1, -0.05) is 36.0 Å². The molecule has 1 aromatic rings. The first-order chi connectivity index (χ1) is 9.17. The van der Waals surface area contributed by atoms with Crippen LogP contribution in [0.2, 0.25) is 0 Å². The number of carbonyl (C=O) groups excluding carboxylic acids is 2. The third-order valence-electron chi connectivity index (χ3n) is 3.58. The van der Waals surface area contributed by atoms with Gasteiger partial charge in [0.25, 0.3) is 0 Å². The molecule has 0 heterocycles. The Labute approximate surface area is 117 Å². The molecule has 102 valence electrons. The fraction of sp³-hybridized carbons (Fsp3) is 0.467. The highest BCUT2D eigenvalue weighted by Crippen LogP contribution is 2.42. The van der Waals surface area contributed by atoms with Gasteiger partial charge in [0.05, 0.1) is 13.0 Å². The van der Waals surface area contributed by atoms with Crippen LogP contribution in [0.4, 0.5) is 0 Å². The summed E-state index contributed by atoms with van der Waals surface area (Å²) in [5.41, 5.74) is 2.31. The first-order valence-electron chi connectivity index (χ1n) is 6.48. The van der Waals surface area contributed by atoms with E-state index in [4.69, 9.17) is 4.74 Å². The minimum Gasteiger partial charge on any atom is -0.466 e. The van der Waals surface area contributed by atoms with E-state index in [1.165, 1.54) is 17.3 Å². The minimum absolute atomic E-state index is 0.0322. The molecule has 3 nitrogen and oxygen atoms in total. The predicted octanol–water partition coefficient (Wildman–Crippen LogP) is 2.79. The number of hydrogen-bond donors (Lipinski definition) is 0. The molecule has 2 rings (SSSR count). The van der Waals surface area contributed by atoms with Crippen molar-refractivity contribution in [1.82, 2.24) is 0 Å². The quantitative estimate of drug-likeness (QED) is 0.794. The number of hydrogen-bond acceptors (Lipinski definition) is 4. The summed E-state index contributed by atoms with van der Waals surface area (Å²) in [6.07, 6.45) is 2.83. The number of ether oxygens (including phenoxy) is 1. The maximum Gasteiger partial charge on any atom is 0.306 e. The fourth-order valence-electron chi connectivity index (χ4n) is 2.73. The molecular formula is C15H18O3S. The molecule has 19 heavy (non-hydrogen) atoms. The van der Waals surface area contributed by atoms with E-state index in [0.29, 0.717) is 13.0 Å². The van der Waals surface area contributed by atoms with Gasteiger partial charge < -0.3 is 4.74 Å². The van der Waals surface area contributed by atoms with Gasteiger partial charge in [-0.3, -0.25) is 9.59 Å². The Bertz CT molecular complexity index is 484. The molecule has 0 saturated heterocycles. The van der Waals surface area contributed by atoms with E-state index in [1.54, 1.807) is 13.2 Å². The molecule has 0 amide bonds. The Hall–Kier alpha value is -1.29. The summed E-state index contributed by atoms with van der Waals surface area (Å²) in [6.45, 7) is 2.18. The van der Waals surface area contributed by atoms with Crippen molar-refractivity contribution in [2.45, 2.75) is 25.7 Å². The first-order valence-corrected chi connectivity index (χ1v) is 7.71. The lowest BCUT2D eigenvalue weighted by atomic mass is 9.90. The molecule has 0 saturated carbocycles. The van der Waals surface area contributed by atoms with Gasteiger partial charge in [-0.25, -0.2) is 0 Å². The summed E-state index contributed by atoms with van der Waals surface area (Å²) < 4.78 is 5.02. The topological polar surface area (TPSA) is 43.4 Å². The zero-order chi connectivity index (χ0) is 13.8. The molecule has 1 aliphatic carbocycles. The molecule has 2 atom stereocenters. The van der Waals surface area contributed by atoms with Crippen molar-refractivity contribution >= 4 is 22.8 Å². The summed E-state index contributed by atoms with van der Waals surface area (Å²) in [5.74, 6) is -0.352. The van der Waals surface area contributed by atoms with Gasteiger partial charge in [-0.15, -0.1) is 0 Å². The molecule has 1 aliphatic rings. The molecule has 0 aromatic heterocycles. The van der Waals surface area contributed by atoms with Crippen LogP contribution >= 0.6 is 11.8 Å². The average Bonchev–Trinajstić information content (AvgIpc) is 2.77. The second kappa shape index (κ2) is 6.24. The Morgan fingerprint density at radius 1 is 1.37 bits per heavy atom. The van der Waals surface area contributed by atoms with Crippen LogP contribution in [0.3, 0.4) is 0 Å². The lowest BCUT2D eigenvalue weighted by molar-refractivity contribution is -0.143. The number of thioether (sulfide) groups is 1. The number of fused-ring (bicyclic) bond motifs is 1. The van der Waals surface area contributed by atoms with Crippen molar-refractivity contribution in [3.05, 3.63) is 35.4 Å². The zero-order valence-electron chi connectivity index (χ0n) is 11.2. The monoisotopic (exact) mass is 278 g/mol. The van der Waals surface area contributed by atoms with E-state index in [9.17, 15) is 9.59 Å². The maximum absolute atomic E-state index is 12.0. The smallest absolute Gasteiger partial charge is 0.306 e. The molecular weight excluding hydrogens is 260 g/mol. The van der Waals surface area contributed by atoms with Crippen LogP contribution in [-0.2, 0) is 20.7 Å². The SMILES string of the molecule is CCOC(=O)C[C@@H]1c2ccccc2C[C@H]1C(=O)SC. The molecule has 0 spiro atoms. The first kappa shape index (κ1) is 14.1. The largest absolute Gasteiger partial charge is 0.466 e. The highest BCUT2D eigenvalue weighted by molar-refractivity contribution is 8.13. The average molecular weight is 278 g/mol. The maximum atomic E-state index is 12.0. The van der Waals surface area contributed by atoms with Crippen LogP contribution in [-0.4, -0.2) is 23.9 Å². The van der Waals surface area contributed by atoms with Crippen molar-refractivity contribution < 1.29 is 14.3 Å². The summed E-state index contributed by atoms with van der Waals surface area (Å²) in [4.78, 5) is 23.8. The van der Waals surface area contributed by atoms with E-state index >= 15 is 0 Å². The second-order valence-electron chi connectivity index (χ2n) is 4.65. The summed E-state index contributed by atoms with van der Waals surface area (Å²) >= 11 is 1.25. The van der Waals surface area contributed by atoms with Crippen molar-refractivity contribution in [1.29, 1.82) is 0 Å². The van der Waals surface area contributed by atoms with E-state index in [-0.39, 0.29) is 22.9 Å². The Morgan fingerprint density at radius 3 is 2.79 bits per heavy atom. The van der Waals surface area contributed by atoms with Crippen LogP contribution in [0, 0.1) is 5.92 Å². The van der Waals surface area contributed by atoms with E-state index in [2.05, 4.69) is 0 Å². The number of carbonyl (C=O) groups is 2. The third kappa shape index (κ3) is 3.00. The minimum atomic E-state index is -0.219. The molecule has 0 bridgehead atoms. The van der Waals surface area contributed by atoms with Gasteiger partial charge in [0.2, 0.25) is 0 Å². The van der Waals surface area contributed by atoms with Gasteiger partial charge in [0.1, 0.15) is 0 Å². The fourth-order valence-corrected chi connectivity index (χ4v) is 3.28. The number of rotatable bonds is 4. The Balaban J connectivity index is 2.23. The van der Waals surface area contributed by atoms with E-state index < -0.39 is 0 Å². The van der Waals surface area contributed by atoms with Crippen molar-refractivity contribution in [3.8, 4) is 0 Å². The molecule has 0 aliphatic heterocycles. The standard InChI is InChI=1S/C15H18O3S/c1-3-18-14(16)9-12-11-7-5-4-6-10(11)8-13(12)15(17)19-2/h4-7,12-13H,3,8-9H2,1-2H3/t12-,13-/m1/s1.